The van der Waals surface area contributed by atoms with Gasteiger partial charge >= 0.3 is 6.18 Å². The Balaban J connectivity index is 2.78. The smallest absolute Gasteiger partial charge is 0.323 e. The summed E-state index contributed by atoms with van der Waals surface area (Å²) in [6.07, 6.45) is -3.53. The zero-order valence-electron chi connectivity index (χ0n) is 11.3. The largest absolute Gasteiger partial charge is 0.401 e. The van der Waals surface area contributed by atoms with E-state index < -0.39 is 18.8 Å². The van der Waals surface area contributed by atoms with Gasteiger partial charge < -0.3 is 5.73 Å². The molecule has 108 valence electrons. The van der Waals surface area contributed by atoms with Crippen molar-refractivity contribution in [3.63, 3.8) is 0 Å². The molecule has 1 rings (SSSR count). The Bertz CT molecular complexity index is 365. The lowest BCUT2D eigenvalue weighted by Gasteiger charge is -2.33. The highest BCUT2D eigenvalue weighted by atomic mass is 19.4. The molecule has 0 aliphatic carbocycles. The number of hydrogen-bond donors (Lipinski definition) is 1. The van der Waals surface area contributed by atoms with Crippen molar-refractivity contribution < 1.29 is 13.2 Å². The van der Waals surface area contributed by atoms with Crippen LogP contribution in [0, 0.1) is 0 Å². The molecule has 2 N–H and O–H groups in total. The molecule has 0 aromatic heterocycles. The molecule has 0 saturated carbocycles. The maximum absolute atomic E-state index is 12.6. The molecule has 0 fully saturated rings. The lowest BCUT2D eigenvalue weighted by molar-refractivity contribution is -0.151. The van der Waals surface area contributed by atoms with Gasteiger partial charge in [0.25, 0.3) is 0 Å². The van der Waals surface area contributed by atoms with Crippen LogP contribution in [0.1, 0.15) is 31.9 Å². The number of hydrogen-bond acceptors (Lipinski definition) is 2. The first-order valence-electron chi connectivity index (χ1n) is 6.46. The summed E-state index contributed by atoms with van der Waals surface area (Å²) in [6.45, 7) is 3.09. The van der Waals surface area contributed by atoms with Crippen LogP contribution < -0.4 is 5.73 Å². The van der Waals surface area contributed by atoms with Crippen LogP contribution in [0.25, 0.3) is 0 Å². The van der Waals surface area contributed by atoms with Crippen LogP contribution in [0.5, 0.6) is 0 Å². The maximum atomic E-state index is 12.6. The van der Waals surface area contributed by atoms with E-state index in [0.717, 1.165) is 5.56 Å². The Morgan fingerprint density at radius 2 is 1.79 bits per heavy atom. The van der Waals surface area contributed by atoms with E-state index in [2.05, 4.69) is 0 Å². The van der Waals surface area contributed by atoms with Crippen LogP contribution in [0.2, 0.25) is 0 Å². The highest BCUT2D eigenvalue weighted by Gasteiger charge is 2.34. The average molecular weight is 274 g/mol. The molecule has 2 nitrogen and oxygen atoms in total. The van der Waals surface area contributed by atoms with E-state index in [9.17, 15) is 13.2 Å². The van der Waals surface area contributed by atoms with Crippen molar-refractivity contribution in [3.05, 3.63) is 35.9 Å². The van der Waals surface area contributed by atoms with E-state index in [-0.39, 0.29) is 6.04 Å². The number of alkyl halides is 3. The molecule has 0 aliphatic heterocycles. The molecule has 0 aliphatic rings. The van der Waals surface area contributed by atoms with Crippen molar-refractivity contribution >= 4 is 0 Å². The second-order valence-corrected chi connectivity index (χ2v) is 4.76. The standard InChI is InChI=1S/C14H21F3N2/c1-3-9-19(10-14(15,16)17)11(2)13(18)12-7-5-4-6-8-12/h4-8,11,13H,3,9-10,18H2,1-2H3. The fraction of sp³-hybridized carbons (Fsp3) is 0.571. The van der Waals surface area contributed by atoms with E-state index in [4.69, 9.17) is 5.73 Å². The van der Waals surface area contributed by atoms with Crippen molar-refractivity contribution in [2.45, 2.75) is 38.5 Å². The van der Waals surface area contributed by atoms with Crippen LogP contribution in [-0.2, 0) is 0 Å². The van der Waals surface area contributed by atoms with Gasteiger partial charge in [0.2, 0.25) is 0 Å². The van der Waals surface area contributed by atoms with Crippen molar-refractivity contribution in [2.24, 2.45) is 5.73 Å². The van der Waals surface area contributed by atoms with Gasteiger partial charge in [-0.15, -0.1) is 0 Å². The normalized spacial score (nSPS) is 15.5. The topological polar surface area (TPSA) is 29.3 Å². The predicted molar refractivity (Wildman–Crippen MR) is 70.8 cm³/mol. The fourth-order valence-electron chi connectivity index (χ4n) is 2.13. The van der Waals surface area contributed by atoms with E-state index in [1.807, 2.05) is 37.3 Å². The number of nitrogens with zero attached hydrogens (tertiary/aromatic N) is 1. The van der Waals surface area contributed by atoms with E-state index in [0.29, 0.717) is 13.0 Å². The third-order valence-corrected chi connectivity index (χ3v) is 3.17. The van der Waals surface area contributed by atoms with Gasteiger partial charge in [-0.05, 0) is 25.5 Å². The molecule has 0 bridgehead atoms. The third-order valence-electron chi connectivity index (χ3n) is 3.17. The van der Waals surface area contributed by atoms with Gasteiger partial charge in [-0.3, -0.25) is 4.90 Å². The van der Waals surface area contributed by atoms with Crippen LogP contribution in [0.3, 0.4) is 0 Å². The van der Waals surface area contributed by atoms with Crippen LogP contribution in [0.4, 0.5) is 13.2 Å². The average Bonchev–Trinajstić information content (AvgIpc) is 2.36. The molecule has 1 aromatic carbocycles. The number of rotatable bonds is 6. The summed E-state index contributed by atoms with van der Waals surface area (Å²) in [5.41, 5.74) is 6.94. The second kappa shape index (κ2) is 6.91. The number of halogens is 3. The van der Waals surface area contributed by atoms with Crippen molar-refractivity contribution in [3.8, 4) is 0 Å². The Labute approximate surface area is 112 Å². The zero-order chi connectivity index (χ0) is 14.5. The molecule has 5 heteroatoms. The van der Waals surface area contributed by atoms with Crippen LogP contribution in [-0.4, -0.2) is 30.2 Å². The predicted octanol–water partition coefficient (Wildman–Crippen LogP) is 3.35. The molecule has 1 aromatic rings. The van der Waals surface area contributed by atoms with Gasteiger partial charge in [0.15, 0.2) is 0 Å². The Morgan fingerprint density at radius 1 is 1.21 bits per heavy atom. The van der Waals surface area contributed by atoms with Gasteiger partial charge in [0.1, 0.15) is 0 Å². The SMILES string of the molecule is CCCN(CC(F)(F)F)C(C)C(N)c1ccccc1. The molecule has 19 heavy (non-hydrogen) atoms. The molecule has 0 saturated heterocycles. The van der Waals surface area contributed by atoms with Gasteiger partial charge in [0, 0.05) is 12.1 Å². The first kappa shape index (κ1) is 16.0. The molecule has 0 heterocycles. The highest BCUT2D eigenvalue weighted by Crippen LogP contribution is 2.23. The molecule has 0 amide bonds. The van der Waals surface area contributed by atoms with Crippen molar-refractivity contribution in [1.82, 2.24) is 4.90 Å². The Morgan fingerprint density at radius 3 is 2.26 bits per heavy atom. The summed E-state index contributed by atoms with van der Waals surface area (Å²) in [5.74, 6) is 0. The summed E-state index contributed by atoms with van der Waals surface area (Å²) in [6, 6.07) is 8.46. The molecule has 2 unspecified atom stereocenters. The first-order valence-corrected chi connectivity index (χ1v) is 6.46. The molecule has 0 radical (unpaired) electrons. The Hall–Kier alpha value is -1.07. The summed E-state index contributed by atoms with van der Waals surface area (Å²) in [5, 5.41) is 0. The second-order valence-electron chi connectivity index (χ2n) is 4.76. The van der Waals surface area contributed by atoms with Gasteiger partial charge in [-0.2, -0.15) is 13.2 Å². The third kappa shape index (κ3) is 5.20. The summed E-state index contributed by atoms with van der Waals surface area (Å²) < 4.78 is 37.7. The first-order chi connectivity index (χ1) is 8.85. The Kier molecular flexibility index (Phi) is 5.82. The lowest BCUT2D eigenvalue weighted by atomic mass is 10.00. The van der Waals surface area contributed by atoms with E-state index >= 15 is 0 Å². The fourth-order valence-corrected chi connectivity index (χ4v) is 2.13. The van der Waals surface area contributed by atoms with Crippen LogP contribution >= 0.6 is 0 Å². The highest BCUT2D eigenvalue weighted by molar-refractivity contribution is 5.19. The summed E-state index contributed by atoms with van der Waals surface area (Å²) in [7, 11) is 0. The zero-order valence-corrected chi connectivity index (χ0v) is 11.3. The minimum atomic E-state index is -4.19. The van der Waals surface area contributed by atoms with Crippen molar-refractivity contribution in [2.75, 3.05) is 13.1 Å². The minimum absolute atomic E-state index is 0.357. The lowest BCUT2D eigenvalue weighted by Crippen LogP contribution is -2.45. The number of nitrogens with two attached hydrogens (primary N) is 1. The minimum Gasteiger partial charge on any atom is -0.323 e. The van der Waals surface area contributed by atoms with E-state index in [1.54, 1.807) is 6.92 Å². The van der Waals surface area contributed by atoms with Gasteiger partial charge in [-0.25, -0.2) is 0 Å². The van der Waals surface area contributed by atoms with Gasteiger partial charge in [0.05, 0.1) is 6.54 Å². The van der Waals surface area contributed by atoms with Crippen LogP contribution in [0.15, 0.2) is 30.3 Å². The summed E-state index contributed by atoms with van der Waals surface area (Å²) >= 11 is 0. The van der Waals surface area contributed by atoms with Gasteiger partial charge in [-0.1, -0.05) is 37.3 Å². The molecule has 0 spiro atoms. The maximum Gasteiger partial charge on any atom is 0.401 e. The monoisotopic (exact) mass is 274 g/mol. The molecule has 2 atom stereocenters. The quantitative estimate of drug-likeness (QED) is 0.862. The van der Waals surface area contributed by atoms with Crippen molar-refractivity contribution in [1.29, 1.82) is 0 Å². The molecular weight excluding hydrogens is 253 g/mol. The van der Waals surface area contributed by atoms with E-state index in [1.165, 1.54) is 4.90 Å². The molecular formula is C14H21F3N2. The summed E-state index contributed by atoms with van der Waals surface area (Å²) in [4.78, 5) is 1.40. The number of benzene rings is 1.